The number of halogens is 2. The van der Waals surface area contributed by atoms with Gasteiger partial charge in [0, 0.05) is 23.6 Å². The molecule has 0 atom stereocenters. The van der Waals surface area contributed by atoms with Gasteiger partial charge in [-0.1, -0.05) is 4.49 Å². The van der Waals surface area contributed by atoms with Crippen LogP contribution in [0.25, 0.3) is 0 Å². The maximum atomic E-state index is 13.6. The Kier molecular flexibility index (Phi) is 4.00. The molecule has 0 spiro atoms. The molecule has 1 amide bonds. The second-order valence-corrected chi connectivity index (χ2v) is 4.37. The van der Waals surface area contributed by atoms with E-state index in [4.69, 9.17) is 0 Å². The molecule has 0 saturated heterocycles. The van der Waals surface area contributed by atoms with Crippen LogP contribution in [0.3, 0.4) is 0 Å². The molecular formula is C11H10F2N4OS. The average Bonchev–Trinajstić information content (AvgIpc) is 2.86. The summed E-state index contributed by atoms with van der Waals surface area (Å²) >= 11 is 0.973. The van der Waals surface area contributed by atoms with Crippen molar-refractivity contribution in [2.75, 3.05) is 17.2 Å². The number of aromatic nitrogens is 2. The zero-order chi connectivity index (χ0) is 13.8. The number of carbonyl (C=O) groups is 1. The maximum absolute atomic E-state index is 13.6. The van der Waals surface area contributed by atoms with Crippen molar-refractivity contribution in [2.45, 2.75) is 6.92 Å². The van der Waals surface area contributed by atoms with Gasteiger partial charge < -0.3 is 10.6 Å². The molecule has 0 saturated carbocycles. The minimum atomic E-state index is -0.811. The lowest BCUT2D eigenvalue weighted by Crippen LogP contribution is -2.13. The summed E-state index contributed by atoms with van der Waals surface area (Å²) in [4.78, 5) is 11.8. The third-order valence-corrected chi connectivity index (χ3v) is 2.84. The lowest BCUT2D eigenvalue weighted by atomic mass is 10.1. The number of amides is 1. The first-order chi connectivity index (χ1) is 9.11. The summed E-state index contributed by atoms with van der Waals surface area (Å²) in [6, 6.07) is 1.95. The van der Waals surface area contributed by atoms with Crippen LogP contribution in [0.1, 0.15) is 17.3 Å². The number of benzene rings is 1. The van der Waals surface area contributed by atoms with Crippen molar-refractivity contribution in [1.82, 2.24) is 9.59 Å². The van der Waals surface area contributed by atoms with Crippen molar-refractivity contribution in [1.29, 1.82) is 0 Å². The Bertz CT molecular complexity index is 565. The van der Waals surface area contributed by atoms with Crippen molar-refractivity contribution in [3.63, 3.8) is 0 Å². The molecular weight excluding hydrogens is 274 g/mol. The smallest absolute Gasteiger partial charge is 0.256 e. The normalized spacial score (nSPS) is 10.3. The van der Waals surface area contributed by atoms with E-state index in [0.717, 1.165) is 23.7 Å². The van der Waals surface area contributed by atoms with Crippen LogP contribution in [-0.2, 0) is 0 Å². The second kappa shape index (κ2) is 5.70. The highest BCUT2D eigenvalue weighted by Crippen LogP contribution is 2.21. The van der Waals surface area contributed by atoms with E-state index in [2.05, 4.69) is 20.2 Å². The fraction of sp³-hybridized carbons (Fsp3) is 0.182. The molecule has 1 heterocycles. The maximum Gasteiger partial charge on any atom is 0.256 e. The average molecular weight is 284 g/mol. The van der Waals surface area contributed by atoms with E-state index in [-0.39, 0.29) is 11.3 Å². The Morgan fingerprint density at radius 1 is 1.37 bits per heavy atom. The van der Waals surface area contributed by atoms with Crippen LogP contribution in [0, 0.1) is 11.6 Å². The van der Waals surface area contributed by atoms with Gasteiger partial charge in [-0.3, -0.25) is 4.79 Å². The van der Waals surface area contributed by atoms with Crippen LogP contribution in [0.15, 0.2) is 18.3 Å². The Hall–Kier alpha value is -2.09. The van der Waals surface area contributed by atoms with Crippen LogP contribution < -0.4 is 10.6 Å². The van der Waals surface area contributed by atoms with E-state index in [9.17, 15) is 13.6 Å². The minimum absolute atomic E-state index is 0.106. The quantitative estimate of drug-likeness (QED) is 0.905. The second-order valence-electron chi connectivity index (χ2n) is 3.58. The van der Waals surface area contributed by atoms with Gasteiger partial charge in [-0.05, 0) is 19.1 Å². The Labute approximate surface area is 111 Å². The third kappa shape index (κ3) is 3.02. The summed E-state index contributed by atoms with van der Waals surface area (Å²) in [7, 11) is 0. The van der Waals surface area contributed by atoms with Gasteiger partial charge in [0.15, 0.2) is 0 Å². The first-order valence-corrected chi connectivity index (χ1v) is 6.20. The van der Waals surface area contributed by atoms with Gasteiger partial charge >= 0.3 is 0 Å². The SMILES string of the molecule is CCNc1c(F)cc(C(=O)Nc2cnns2)cc1F. The zero-order valence-corrected chi connectivity index (χ0v) is 10.7. The summed E-state index contributed by atoms with van der Waals surface area (Å²) in [5, 5.41) is 8.94. The van der Waals surface area contributed by atoms with Crippen molar-refractivity contribution >= 4 is 28.1 Å². The fourth-order valence-electron chi connectivity index (χ4n) is 1.46. The summed E-state index contributed by atoms with van der Waals surface area (Å²) in [6.45, 7) is 2.10. The van der Waals surface area contributed by atoms with Crippen molar-refractivity contribution in [3.05, 3.63) is 35.5 Å². The van der Waals surface area contributed by atoms with E-state index < -0.39 is 17.5 Å². The minimum Gasteiger partial charge on any atom is -0.381 e. The predicted molar refractivity (Wildman–Crippen MR) is 68.4 cm³/mol. The molecule has 0 bridgehead atoms. The number of nitrogens with one attached hydrogen (secondary N) is 2. The van der Waals surface area contributed by atoms with Crippen molar-refractivity contribution < 1.29 is 13.6 Å². The lowest BCUT2D eigenvalue weighted by Gasteiger charge is -2.08. The molecule has 0 unspecified atom stereocenters. The Morgan fingerprint density at radius 3 is 2.58 bits per heavy atom. The molecule has 2 N–H and O–H groups in total. The first kappa shape index (κ1) is 13.3. The highest BCUT2D eigenvalue weighted by atomic mass is 32.1. The number of hydrogen-bond donors (Lipinski definition) is 2. The van der Waals surface area contributed by atoms with Gasteiger partial charge in [0.25, 0.3) is 5.91 Å². The van der Waals surface area contributed by atoms with Gasteiger partial charge in [0.2, 0.25) is 0 Å². The van der Waals surface area contributed by atoms with Crippen molar-refractivity contribution in [2.24, 2.45) is 0 Å². The van der Waals surface area contributed by atoms with E-state index in [1.807, 2.05) is 0 Å². The number of nitrogens with zero attached hydrogens (tertiary/aromatic N) is 2. The van der Waals surface area contributed by atoms with Crippen LogP contribution in [0.2, 0.25) is 0 Å². The molecule has 8 heteroatoms. The lowest BCUT2D eigenvalue weighted by molar-refractivity contribution is 0.102. The molecule has 100 valence electrons. The fourth-order valence-corrected chi connectivity index (χ4v) is 1.87. The Morgan fingerprint density at radius 2 is 2.05 bits per heavy atom. The molecule has 2 rings (SSSR count). The van der Waals surface area contributed by atoms with Crippen LogP contribution in [-0.4, -0.2) is 22.0 Å². The van der Waals surface area contributed by atoms with Gasteiger partial charge in [-0.2, -0.15) is 0 Å². The molecule has 0 aliphatic rings. The van der Waals surface area contributed by atoms with E-state index in [0.29, 0.717) is 11.5 Å². The number of carbonyl (C=O) groups excluding carboxylic acids is 1. The van der Waals surface area contributed by atoms with Crippen LogP contribution >= 0.6 is 11.5 Å². The molecule has 19 heavy (non-hydrogen) atoms. The summed E-state index contributed by atoms with van der Waals surface area (Å²) < 4.78 is 30.8. The van der Waals surface area contributed by atoms with Gasteiger partial charge in [0.1, 0.15) is 22.3 Å². The number of anilines is 2. The highest BCUT2D eigenvalue weighted by molar-refractivity contribution is 7.10. The molecule has 0 aliphatic heterocycles. The Balaban J connectivity index is 2.23. The molecule has 2 aromatic rings. The summed E-state index contributed by atoms with van der Waals surface area (Å²) in [5.41, 5.74) is -0.344. The van der Waals surface area contributed by atoms with Crippen LogP contribution in [0.5, 0.6) is 0 Å². The molecule has 0 fully saturated rings. The van der Waals surface area contributed by atoms with E-state index >= 15 is 0 Å². The molecule has 0 radical (unpaired) electrons. The van der Waals surface area contributed by atoms with Crippen LogP contribution in [0.4, 0.5) is 19.5 Å². The monoisotopic (exact) mass is 284 g/mol. The van der Waals surface area contributed by atoms with E-state index in [1.54, 1.807) is 6.92 Å². The highest BCUT2D eigenvalue weighted by Gasteiger charge is 2.15. The topological polar surface area (TPSA) is 66.9 Å². The number of hydrogen-bond acceptors (Lipinski definition) is 5. The summed E-state index contributed by atoms with van der Waals surface area (Å²) in [5.74, 6) is -2.24. The van der Waals surface area contributed by atoms with Gasteiger partial charge in [-0.15, -0.1) is 5.10 Å². The molecule has 0 aliphatic carbocycles. The zero-order valence-electron chi connectivity index (χ0n) is 9.91. The molecule has 5 nitrogen and oxygen atoms in total. The van der Waals surface area contributed by atoms with Gasteiger partial charge in [0.05, 0.1) is 6.20 Å². The number of rotatable bonds is 4. The van der Waals surface area contributed by atoms with E-state index in [1.165, 1.54) is 6.20 Å². The standard InChI is InChI=1S/C11H10F2N4OS/c1-2-14-10-7(12)3-6(4-8(10)13)11(18)16-9-5-15-17-19-9/h3-5,14H,2H2,1H3,(H,16,18). The molecule has 1 aromatic carbocycles. The largest absolute Gasteiger partial charge is 0.381 e. The molecule has 1 aromatic heterocycles. The van der Waals surface area contributed by atoms with Gasteiger partial charge in [-0.25, -0.2) is 8.78 Å². The first-order valence-electron chi connectivity index (χ1n) is 5.43. The third-order valence-electron chi connectivity index (χ3n) is 2.26. The summed E-state index contributed by atoms with van der Waals surface area (Å²) in [6.07, 6.45) is 1.35. The predicted octanol–water partition coefficient (Wildman–Crippen LogP) is 2.50. The van der Waals surface area contributed by atoms with Crippen molar-refractivity contribution in [3.8, 4) is 0 Å².